The molecular formula is C19H29N5O2. The van der Waals surface area contributed by atoms with Crippen molar-refractivity contribution < 1.29 is 9.47 Å². The third-order valence-corrected chi connectivity index (χ3v) is 5.59. The molecule has 0 bridgehead atoms. The molecule has 0 unspecified atom stereocenters. The van der Waals surface area contributed by atoms with E-state index in [0.29, 0.717) is 18.6 Å². The maximum atomic E-state index is 6.00. The molecule has 0 aromatic carbocycles. The van der Waals surface area contributed by atoms with Crippen molar-refractivity contribution in [1.29, 1.82) is 0 Å². The lowest BCUT2D eigenvalue weighted by Gasteiger charge is -2.34. The van der Waals surface area contributed by atoms with E-state index < -0.39 is 0 Å². The molecule has 2 aromatic heterocycles. The summed E-state index contributed by atoms with van der Waals surface area (Å²) in [6.07, 6.45) is 8.26. The average molecular weight is 359 g/mol. The molecule has 4 rings (SSSR count). The molecule has 0 radical (unpaired) electrons. The van der Waals surface area contributed by atoms with Crippen molar-refractivity contribution in [2.45, 2.75) is 45.5 Å². The minimum Gasteiger partial charge on any atom is -0.381 e. The van der Waals surface area contributed by atoms with E-state index in [1.165, 1.54) is 11.3 Å². The van der Waals surface area contributed by atoms with Crippen LogP contribution in [0.2, 0.25) is 0 Å². The standard InChI is InChI=1S/C19H29N5O2/c1-15-19-20-10-18(14-26-13-16-3-7-25-8-4-16)24(19)6-5-23(15)12-17-9-21-22(2)11-17/h9-11,15-16H,3-8,12-14H2,1-2H3/t15-/m0/s1. The highest BCUT2D eigenvalue weighted by Crippen LogP contribution is 2.27. The molecule has 0 aliphatic carbocycles. The van der Waals surface area contributed by atoms with Gasteiger partial charge in [0.1, 0.15) is 5.82 Å². The summed E-state index contributed by atoms with van der Waals surface area (Å²) in [6.45, 7) is 8.37. The van der Waals surface area contributed by atoms with Crippen LogP contribution < -0.4 is 0 Å². The van der Waals surface area contributed by atoms with Crippen molar-refractivity contribution in [2.24, 2.45) is 13.0 Å². The number of nitrogens with zero attached hydrogens (tertiary/aromatic N) is 5. The molecule has 1 fully saturated rings. The Balaban J connectivity index is 1.34. The van der Waals surface area contributed by atoms with Gasteiger partial charge < -0.3 is 14.0 Å². The lowest BCUT2D eigenvalue weighted by Crippen LogP contribution is -2.37. The maximum absolute atomic E-state index is 6.00. The number of aryl methyl sites for hydroxylation is 1. The number of hydrogen-bond donors (Lipinski definition) is 0. The van der Waals surface area contributed by atoms with Crippen LogP contribution in [0.4, 0.5) is 0 Å². The van der Waals surface area contributed by atoms with Gasteiger partial charge in [-0.15, -0.1) is 0 Å². The van der Waals surface area contributed by atoms with E-state index in [1.54, 1.807) is 0 Å². The van der Waals surface area contributed by atoms with E-state index in [4.69, 9.17) is 14.5 Å². The van der Waals surface area contributed by atoms with Gasteiger partial charge in [-0.3, -0.25) is 9.58 Å². The van der Waals surface area contributed by atoms with Crippen LogP contribution in [0.1, 0.15) is 42.9 Å². The van der Waals surface area contributed by atoms with Gasteiger partial charge in [0.15, 0.2) is 0 Å². The zero-order chi connectivity index (χ0) is 17.9. The van der Waals surface area contributed by atoms with Crippen molar-refractivity contribution in [1.82, 2.24) is 24.2 Å². The fraction of sp³-hybridized carbons (Fsp3) is 0.684. The summed E-state index contributed by atoms with van der Waals surface area (Å²) in [5, 5.41) is 4.27. The van der Waals surface area contributed by atoms with Gasteiger partial charge in [0.2, 0.25) is 0 Å². The minimum atomic E-state index is 0.299. The molecule has 2 aliphatic heterocycles. The van der Waals surface area contributed by atoms with Gasteiger partial charge in [0, 0.05) is 51.7 Å². The lowest BCUT2D eigenvalue weighted by molar-refractivity contribution is 0.0139. The summed E-state index contributed by atoms with van der Waals surface area (Å²) in [5.74, 6) is 1.78. The first kappa shape index (κ1) is 17.7. The fourth-order valence-electron chi connectivity index (χ4n) is 3.97. The Kier molecular flexibility index (Phi) is 5.38. The third-order valence-electron chi connectivity index (χ3n) is 5.59. The van der Waals surface area contributed by atoms with E-state index in [2.05, 4.69) is 27.7 Å². The summed E-state index contributed by atoms with van der Waals surface area (Å²) >= 11 is 0. The molecule has 1 saturated heterocycles. The minimum absolute atomic E-state index is 0.299. The molecule has 0 N–H and O–H groups in total. The van der Waals surface area contributed by atoms with Gasteiger partial charge in [-0.25, -0.2) is 4.98 Å². The highest BCUT2D eigenvalue weighted by Gasteiger charge is 2.27. The Hall–Kier alpha value is -1.70. The number of ether oxygens (including phenoxy) is 2. The lowest BCUT2D eigenvalue weighted by atomic mass is 10.0. The monoisotopic (exact) mass is 359 g/mol. The van der Waals surface area contributed by atoms with Crippen molar-refractivity contribution in [3.8, 4) is 0 Å². The largest absolute Gasteiger partial charge is 0.381 e. The van der Waals surface area contributed by atoms with Gasteiger partial charge in [-0.1, -0.05) is 0 Å². The third kappa shape index (κ3) is 3.84. The van der Waals surface area contributed by atoms with Crippen molar-refractivity contribution in [3.05, 3.63) is 35.7 Å². The Morgan fingerprint density at radius 1 is 1.23 bits per heavy atom. The summed E-state index contributed by atoms with van der Waals surface area (Å²) in [5.41, 5.74) is 2.44. The molecule has 7 nitrogen and oxygen atoms in total. The zero-order valence-corrected chi connectivity index (χ0v) is 15.8. The van der Waals surface area contributed by atoms with Gasteiger partial charge in [0.05, 0.1) is 37.3 Å². The van der Waals surface area contributed by atoms with E-state index in [1.807, 2.05) is 24.1 Å². The predicted molar refractivity (Wildman–Crippen MR) is 97.5 cm³/mol. The maximum Gasteiger partial charge on any atom is 0.126 e. The van der Waals surface area contributed by atoms with E-state index >= 15 is 0 Å². The molecule has 7 heteroatoms. The van der Waals surface area contributed by atoms with Crippen LogP contribution in [-0.2, 0) is 36.2 Å². The van der Waals surface area contributed by atoms with Crippen molar-refractivity contribution in [3.63, 3.8) is 0 Å². The number of rotatable bonds is 6. The molecule has 0 amide bonds. The molecule has 0 saturated carbocycles. The summed E-state index contributed by atoms with van der Waals surface area (Å²) in [6, 6.07) is 0.299. The molecule has 1 atom stereocenters. The summed E-state index contributed by atoms with van der Waals surface area (Å²) < 4.78 is 15.6. The molecule has 2 aromatic rings. The molecule has 2 aliphatic rings. The predicted octanol–water partition coefficient (Wildman–Crippen LogP) is 2.14. The number of aromatic nitrogens is 4. The SMILES string of the molecule is C[C@H]1c2ncc(COCC3CCOCC3)n2CCN1Cc1cnn(C)c1. The first-order chi connectivity index (χ1) is 12.7. The summed E-state index contributed by atoms with van der Waals surface area (Å²) in [7, 11) is 1.96. The van der Waals surface area contributed by atoms with Gasteiger partial charge in [-0.05, 0) is 25.7 Å². The van der Waals surface area contributed by atoms with Gasteiger partial charge >= 0.3 is 0 Å². The van der Waals surface area contributed by atoms with E-state index in [-0.39, 0.29) is 0 Å². The van der Waals surface area contributed by atoms with Crippen LogP contribution in [0.3, 0.4) is 0 Å². The molecule has 0 spiro atoms. The van der Waals surface area contributed by atoms with Crippen LogP contribution in [-0.4, -0.2) is 50.6 Å². The topological polar surface area (TPSA) is 57.3 Å². The second-order valence-electron chi connectivity index (χ2n) is 7.50. The second-order valence-corrected chi connectivity index (χ2v) is 7.50. The Morgan fingerprint density at radius 3 is 2.85 bits per heavy atom. The smallest absolute Gasteiger partial charge is 0.126 e. The number of imidazole rings is 1. The quantitative estimate of drug-likeness (QED) is 0.791. The molecule has 4 heterocycles. The summed E-state index contributed by atoms with van der Waals surface area (Å²) in [4.78, 5) is 7.16. The van der Waals surface area contributed by atoms with Crippen LogP contribution >= 0.6 is 0 Å². The Morgan fingerprint density at radius 2 is 2.08 bits per heavy atom. The van der Waals surface area contributed by atoms with Gasteiger partial charge in [-0.2, -0.15) is 5.10 Å². The highest BCUT2D eigenvalue weighted by atomic mass is 16.5. The first-order valence-corrected chi connectivity index (χ1v) is 9.62. The van der Waals surface area contributed by atoms with Crippen LogP contribution in [0.25, 0.3) is 0 Å². The molecule has 142 valence electrons. The number of fused-ring (bicyclic) bond motifs is 1. The Bertz CT molecular complexity index is 719. The zero-order valence-electron chi connectivity index (χ0n) is 15.8. The van der Waals surface area contributed by atoms with Crippen molar-refractivity contribution >= 4 is 0 Å². The first-order valence-electron chi connectivity index (χ1n) is 9.62. The fourth-order valence-corrected chi connectivity index (χ4v) is 3.97. The average Bonchev–Trinajstić information content (AvgIpc) is 3.25. The molecule has 26 heavy (non-hydrogen) atoms. The molecular weight excluding hydrogens is 330 g/mol. The van der Waals surface area contributed by atoms with Crippen LogP contribution in [0, 0.1) is 5.92 Å². The normalized spacial score (nSPS) is 21.8. The van der Waals surface area contributed by atoms with Crippen LogP contribution in [0.15, 0.2) is 18.6 Å². The highest BCUT2D eigenvalue weighted by molar-refractivity contribution is 5.12. The van der Waals surface area contributed by atoms with Gasteiger partial charge in [0.25, 0.3) is 0 Å². The van der Waals surface area contributed by atoms with E-state index in [0.717, 1.165) is 58.1 Å². The van der Waals surface area contributed by atoms with E-state index in [9.17, 15) is 0 Å². The second kappa shape index (κ2) is 7.90. The Labute approximate surface area is 154 Å². The number of hydrogen-bond acceptors (Lipinski definition) is 5. The van der Waals surface area contributed by atoms with Crippen LogP contribution in [0.5, 0.6) is 0 Å². The van der Waals surface area contributed by atoms with Crippen molar-refractivity contribution in [2.75, 3.05) is 26.4 Å².